The third kappa shape index (κ3) is 14.6. The van der Waals surface area contributed by atoms with E-state index in [1.807, 2.05) is 0 Å². The molecule has 0 saturated carbocycles. The first-order valence-electron chi connectivity index (χ1n) is 9.19. The van der Waals surface area contributed by atoms with Crippen molar-refractivity contribution in [2.75, 3.05) is 6.61 Å². The van der Waals surface area contributed by atoms with Crippen molar-refractivity contribution in [3.05, 3.63) is 0 Å². The molecule has 0 radical (unpaired) electrons. The maximum absolute atomic E-state index is 9.48. The topological polar surface area (TPSA) is 60.7 Å². The van der Waals surface area contributed by atoms with Gasteiger partial charge in [-0.2, -0.15) is 0 Å². The van der Waals surface area contributed by atoms with Crippen molar-refractivity contribution in [3.8, 4) is 0 Å². The average molecular weight is 302 g/mol. The van der Waals surface area contributed by atoms with Gasteiger partial charge in [-0.15, -0.1) is 0 Å². The van der Waals surface area contributed by atoms with Crippen LogP contribution in [0.5, 0.6) is 0 Å². The SMILES string of the molecule is CCCCCCCCCCCCCCC[C@@H](O)[C@H](O)CO. The molecule has 3 heteroatoms. The number of aliphatic hydroxyl groups excluding tert-OH is 3. The van der Waals surface area contributed by atoms with Crippen LogP contribution in [0, 0.1) is 0 Å². The van der Waals surface area contributed by atoms with Gasteiger partial charge in [0.2, 0.25) is 0 Å². The lowest BCUT2D eigenvalue weighted by Gasteiger charge is -2.14. The van der Waals surface area contributed by atoms with Crippen LogP contribution in [0.2, 0.25) is 0 Å². The summed E-state index contributed by atoms with van der Waals surface area (Å²) in [7, 11) is 0. The van der Waals surface area contributed by atoms with E-state index < -0.39 is 12.2 Å². The molecule has 3 nitrogen and oxygen atoms in total. The van der Waals surface area contributed by atoms with E-state index in [4.69, 9.17) is 5.11 Å². The lowest BCUT2D eigenvalue weighted by Crippen LogP contribution is -2.28. The predicted octanol–water partition coefficient (Wildman–Crippen LogP) is 4.18. The van der Waals surface area contributed by atoms with Crippen LogP contribution in [-0.4, -0.2) is 34.1 Å². The third-order valence-electron chi connectivity index (χ3n) is 4.23. The number of hydrogen-bond acceptors (Lipinski definition) is 3. The summed E-state index contributed by atoms with van der Waals surface area (Å²) in [6.07, 6.45) is 15.9. The van der Waals surface area contributed by atoms with Crippen molar-refractivity contribution < 1.29 is 15.3 Å². The van der Waals surface area contributed by atoms with Crippen LogP contribution >= 0.6 is 0 Å². The lowest BCUT2D eigenvalue weighted by atomic mass is 10.0. The normalized spacial score (nSPS) is 14.3. The zero-order valence-corrected chi connectivity index (χ0v) is 14.1. The molecule has 3 N–H and O–H groups in total. The average Bonchev–Trinajstić information content (AvgIpc) is 2.50. The Bertz CT molecular complexity index is 197. The van der Waals surface area contributed by atoms with Gasteiger partial charge in [-0.05, 0) is 6.42 Å². The molecule has 0 aromatic rings. The monoisotopic (exact) mass is 302 g/mol. The van der Waals surface area contributed by atoms with Gasteiger partial charge in [-0.3, -0.25) is 0 Å². The molecule has 0 aromatic carbocycles. The Morgan fingerprint density at radius 2 is 0.952 bits per heavy atom. The Labute approximate surface area is 131 Å². The van der Waals surface area contributed by atoms with Gasteiger partial charge in [0, 0.05) is 0 Å². The molecule has 0 amide bonds. The van der Waals surface area contributed by atoms with E-state index in [0.717, 1.165) is 12.8 Å². The van der Waals surface area contributed by atoms with Crippen LogP contribution in [0.1, 0.15) is 96.8 Å². The van der Waals surface area contributed by atoms with E-state index >= 15 is 0 Å². The summed E-state index contributed by atoms with van der Waals surface area (Å²) in [5.41, 5.74) is 0. The summed E-state index contributed by atoms with van der Waals surface area (Å²) >= 11 is 0. The maximum Gasteiger partial charge on any atom is 0.103 e. The molecular formula is C18H38O3. The van der Waals surface area contributed by atoms with Gasteiger partial charge < -0.3 is 15.3 Å². The van der Waals surface area contributed by atoms with Gasteiger partial charge in [0.1, 0.15) is 6.10 Å². The van der Waals surface area contributed by atoms with Crippen LogP contribution in [0.3, 0.4) is 0 Å². The first-order chi connectivity index (χ1) is 10.2. The van der Waals surface area contributed by atoms with E-state index in [9.17, 15) is 10.2 Å². The summed E-state index contributed by atoms with van der Waals surface area (Å²) in [5, 5.41) is 27.4. The van der Waals surface area contributed by atoms with E-state index in [-0.39, 0.29) is 6.61 Å². The molecule has 0 aromatic heterocycles. The molecule has 0 aliphatic carbocycles. The van der Waals surface area contributed by atoms with Crippen LogP contribution in [0.4, 0.5) is 0 Å². The molecular weight excluding hydrogens is 264 g/mol. The molecule has 2 atom stereocenters. The molecule has 21 heavy (non-hydrogen) atoms. The van der Waals surface area contributed by atoms with E-state index in [1.165, 1.54) is 70.6 Å². The van der Waals surface area contributed by atoms with Gasteiger partial charge in [0.05, 0.1) is 12.7 Å². The number of hydrogen-bond donors (Lipinski definition) is 3. The summed E-state index contributed by atoms with van der Waals surface area (Å²) in [4.78, 5) is 0. The fourth-order valence-electron chi connectivity index (χ4n) is 2.69. The standard InChI is InChI=1S/C18H38O3/c1-2-3-4-5-6-7-8-9-10-11-12-13-14-15-17(20)18(21)16-19/h17-21H,2-16H2,1H3/t17-,18-/m1/s1. The summed E-state index contributed by atoms with van der Waals surface area (Å²) < 4.78 is 0. The van der Waals surface area contributed by atoms with E-state index in [1.54, 1.807) is 0 Å². The van der Waals surface area contributed by atoms with E-state index in [2.05, 4.69) is 6.92 Å². The van der Waals surface area contributed by atoms with Gasteiger partial charge in [0.25, 0.3) is 0 Å². The molecule has 0 saturated heterocycles. The second-order valence-electron chi connectivity index (χ2n) is 6.35. The molecule has 0 unspecified atom stereocenters. The quantitative estimate of drug-likeness (QED) is 0.375. The first kappa shape index (κ1) is 20.9. The predicted molar refractivity (Wildman–Crippen MR) is 89.4 cm³/mol. The Morgan fingerprint density at radius 3 is 1.33 bits per heavy atom. The second kappa shape index (κ2) is 16.3. The van der Waals surface area contributed by atoms with Crippen LogP contribution in [0.15, 0.2) is 0 Å². The van der Waals surface area contributed by atoms with Crippen molar-refractivity contribution >= 4 is 0 Å². The van der Waals surface area contributed by atoms with Gasteiger partial charge in [0.15, 0.2) is 0 Å². The van der Waals surface area contributed by atoms with Crippen LogP contribution in [-0.2, 0) is 0 Å². The van der Waals surface area contributed by atoms with Crippen molar-refractivity contribution in [3.63, 3.8) is 0 Å². The highest BCUT2D eigenvalue weighted by atomic mass is 16.4. The Kier molecular flexibility index (Phi) is 16.2. The molecule has 0 spiro atoms. The summed E-state index contributed by atoms with van der Waals surface area (Å²) in [6, 6.07) is 0. The number of aliphatic hydroxyl groups is 3. The highest BCUT2D eigenvalue weighted by Gasteiger charge is 2.13. The van der Waals surface area contributed by atoms with Crippen LogP contribution < -0.4 is 0 Å². The molecule has 128 valence electrons. The van der Waals surface area contributed by atoms with Crippen molar-refractivity contribution in [1.82, 2.24) is 0 Å². The maximum atomic E-state index is 9.48. The fraction of sp³-hybridized carbons (Fsp3) is 1.00. The smallest absolute Gasteiger partial charge is 0.103 e. The molecule has 0 rings (SSSR count). The Morgan fingerprint density at radius 1 is 0.571 bits per heavy atom. The molecule has 0 bridgehead atoms. The zero-order chi connectivity index (χ0) is 15.8. The van der Waals surface area contributed by atoms with Crippen molar-refractivity contribution in [2.24, 2.45) is 0 Å². The van der Waals surface area contributed by atoms with Crippen LogP contribution in [0.25, 0.3) is 0 Å². The minimum atomic E-state index is -0.970. The Balaban J connectivity index is 3.09. The fourth-order valence-corrected chi connectivity index (χ4v) is 2.69. The third-order valence-corrected chi connectivity index (χ3v) is 4.23. The lowest BCUT2D eigenvalue weighted by molar-refractivity contribution is -0.0185. The number of rotatable bonds is 16. The van der Waals surface area contributed by atoms with E-state index in [0.29, 0.717) is 6.42 Å². The van der Waals surface area contributed by atoms with Crippen molar-refractivity contribution in [1.29, 1.82) is 0 Å². The highest BCUT2D eigenvalue weighted by molar-refractivity contribution is 4.65. The van der Waals surface area contributed by atoms with Crippen molar-refractivity contribution in [2.45, 2.75) is 109 Å². The van der Waals surface area contributed by atoms with Gasteiger partial charge >= 0.3 is 0 Å². The molecule has 0 aliphatic heterocycles. The number of unbranched alkanes of at least 4 members (excludes halogenated alkanes) is 12. The minimum Gasteiger partial charge on any atom is -0.394 e. The summed E-state index contributed by atoms with van der Waals surface area (Å²) in [5.74, 6) is 0. The zero-order valence-electron chi connectivity index (χ0n) is 14.1. The second-order valence-corrected chi connectivity index (χ2v) is 6.35. The summed E-state index contributed by atoms with van der Waals surface area (Å²) in [6.45, 7) is 1.91. The molecule has 0 fully saturated rings. The Hall–Kier alpha value is -0.120. The van der Waals surface area contributed by atoms with Gasteiger partial charge in [-0.25, -0.2) is 0 Å². The highest BCUT2D eigenvalue weighted by Crippen LogP contribution is 2.13. The molecule has 0 aliphatic rings. The van der Waals surface area contributed by atoms with Gasteiger partial charge in [-0.1, -0.05) is 90.4 Å². The largest absolute Gasteiger partial charge is 0.394 e. The first-order valence-corrected chi connectivity index (χ1v) is 9.19. The molecule has 0 heterocycles. The minimum absolute atomic E-state index is 0.348.